The second-order valence-corrected chi connectivity index (χ2v) is 6.47. The predicted molar refractivity (Wildman–Crippen MR) is 104 cm³/mol. The van der Waals surface area contributed by atoms with Crippen molar-refractivity contribution in [2.75, 3.05) is 26.7 Å². The second-order valence-electron chi connectivity index (χ2n) is 6.47. The fraction of sp³-hybridized carbons (Fsp3) is 0.368. The van der Waals surface area contributed by atoms with Gasteiger partial charge in [0.25, 0.3) is 0 Å². The van der Waals surface area contributed by atoms with Crippen LogP contribution in [0.15, 0.2) is 48.5 Å². The molecule has 1 aliphatic heterocycles. The molecule has 2 aromatic rings. The van der Waals surface area contributed by atoms with Gasteiger partial charge in [-0.05, 0) is 29.7 Å². The highest BCUT2D eigenvalue weighted by atomic mass is 35.5. The molecule has 0 amide bonds. The van der Waals surface area contributed by atoms with Crippen LogP contribution < -0.4 is 10.5 Å². The molecule has 0 saturated carbocycles. The lowest BCUT2D eigenvalue weighted by molar-refractivity contribution is -0.385. The zero-order chi connectivity index (χ0) is 17.8. The van der Waals surface area contributed by atoms with Gasteiger partial charge in [0.05, 0.1) is 12.0 Å². The molecule has 0 unspecified atom stereocenters. The van der Waals surface area contributed by atoms with Gasteiger partial charge in [-0.2, -0.15) is 0 Å². The van der Waals surface area contributed by atoms with Crippen molar-refractivity contribution in [2.45, 2.75) is 12.5 Å². The maximum absolute atomic E-state index is 11.2. The maximum atomic E-state index is 11.2. The van der Waals surface area contributed by atoms with E-state index in [0.29, 0.717) is 24.9 Å². The van der Waals surface area contributed by atoms with Crippen molar-refractivity contribution >= 4 is 18.1 Å². The molecule has 0 aliphatic carbocycles. The summed E-state index contributed by atoms with van der Waals surface area (Å²) < 4.78 is 5.07. The highest BCUT2D eigenvalue weighted by Crippen LogP contribution is 2.34. The Bertz CT molecular complexity index is 742. The first-order valence-corrected chi connectivity index (χ1v) is 8.41. The molecule has 140 valence electrons. The van der Waals surface area contributed by atoms with Crippen LogP contribution in [-0.2, 0) is 6.54 Å². The monoisotopic (exact) mass is 377 g/mol. The zero-order valence-corrected chi connectivity index (χ0v) is 15.5. The summed E-state index contributed by atoms with van der Waals surface area (Å²) in [6, 6.07) is 15.6. The number of nitro groups is 1. The molecule has 2 aromatic carbocycles. The van der Waals surface area contributed by atoms with Crippen molar-refractivity contribution < 1.29 is 9.66 Å². The van der Waals surface area contributed by atoms with Gasteiger partial charge in [0, 0.05) is 31.6 Å². The van der Waals surface area contributed by atoms with Crippen LogP contribution in [0.2, 0.25) is 0 Å². The Morgan fingerprint density at radius 2 is 1.96 bits per heavy atom. The fourth-order valence-corrected chi connectivity index (χ4v) is 3.64. The molecule has 2 atom stereocenters. The van der Waals surface area contributed by atoms with E-state index >= 15 is 0 Å². The number of benzene rings is 2. The van der Waals surface area contributed by atoms with Crippen LogP contribution in [0.5, 0.6) is 5.75 Å². The Morgan fingerprint density at radius 3 is 2.58 bits per heavy atom. The van der Waals surface area contributed by atoms with Crippen LogP contribution in [0.3, 0.4) is 0 Å². The van der Waals surface area contributed by atoms with E-state index in [0.717, 1.165) is 18.7 Å². The summed E-state index contributed by atoms with van der Waals surface area (Å²) in [5, 5.41) is 11.2. The van der Waals surface area contributed by atoms with Gasteiger partial charge in [-0.3, -0.25) is 15.0 Å². The molecule has 1 saturated heterocycles. The molecular formula is C19H24ClN3O3. The van der Waals surface area contributed by atoms with E-state index in [1.165, 1.54) is 12.7 Å². The van der Waals surface area contributed by atoms with Gasteiger partial charge in [0.2, 0.25) is 0 Å². The lowest BCUT2D eigenvalue weighted by atomic mass is 9.89. The van der Waals surface area contributed by atoms with E-state index in [2.05, 4.69) is 29.2 Å². The Labute approximate surface area is 159 Å². The second kappa shape index (κ2) is 8.98. The molecular weight excluding hydrogens is 354 g/mol. The Morgan fingerprint density at radius 1 is 1.23 bits per heavy atom. The van der Waals surface area contributed by atoms with Crippen LogP contribution in [0.1, 0.15) is 17.0 Å². The summed E-state index contributed by atoms with van der Waals surface area (Å²) in [5.74, 6) is 1.09. The molecule has 0 bridgehead atoms. The van der Waals surface area contributed by atoms with Crippen LogP contribution in [-0.4, -0.2) is 36.6 Å². The van der Waals surface area contributed by atoms with Crippen molar-refractivity contribution in [3.05, 3.63) is 69.8 Å². The number of halogens is 1. The Kier molecular flexibility index (Phi) is 6.97. The lowest BCUT2D eigenvalue weighted by Crippen LogP contribution is -2.23. The maximum Gasteiger partial charge on any atom is 0.311 e. The summed E-state index contributed by atoms with van der Waals surface area (Å²) in [4.78, 5) is 13.1. The molecule has 7 heteroatoms. The molecule has 0 aromatic heterocycles. The van der Waals surface area contributed by atoms with Gasteiger partial charge in [-0.25, -0.2) is 0 Å². The molecule has 26 heavy (non-hydrogen) atoms. The summed E-state index contributed by atoms with van der Waals surface area (Å²) in [6.07, 6.45) is 0. The predicted octanol–water partition coefficient (Wildman–Crippen LogP) is 3.20. The van der Waals surface area contributed by atoms with Crippen LogP contribution >= 0.6 is 12.4 Å². The third-order valence-electron chi connectivity index (χ3n) is 4.89. The van der Waals surface area contributed by atoms with Crippen molar-refractivity contribution in [2.24, 2.45) is 11.7 Å². The number of hydrogen-bond donors (Lipinski definition) is 1. The number of methoxy groups -OCH3 is 1. The highest BCUT2D eigenvalue weighted by molar-refractivity contribution is 5.85. The van der Waals surface area contributed by atoms with Crippen molar-refractivity contribution in [3.8, 4) is 5.75 Å². The molecule has 2 N–H and O–H groups in total. The number of rotatable bonds is 6. The number of nitro benzene ring substituents is 1. The number of ether oxygens (including phenoxy) is 1. The smallest absolute Gasteiger partial charge is 0.311 e. The SMILES string of the molecule is COc1ccc(CN2C[C@@H](CN)[C@H](c3ccccc3)C2)cc1[N+](=O)[O-].Cl. The number of nitrogens with zero attached hydrogens (tertiary/aromatic N) is 2. The average Bonchev–Trinajstić information content (AvgIpc) is 3.05. The minimum atomic E-state index is -0.401. The zero-order valence-electron chi connectivity index (χ0n) is 14.7. The van der Waals surface area contributed by atoms with Gasteiger partial charge in [0.15, 0.2) is 5.75 Å². The van der Waals surface area contributed by atoms with E-state index in [-0.39, 0.29) is 23.8 Å². The third kappa shape index (κ3) is 4.33. The molecule has 0 spiro atoms. The Hall–Kier alpha value is -2.15. The highest BCUT2D eigenvalue weighted by Gasteiger charge is 2.32. The van der Waals surface area contributed by atoms with Gasteiger partial charge < -0.3 is 10.5 Å². The lowest BCUT2D eigenvalue weighted by Gasteiger charge is -2.17. The van der Waals surface area contributed by atoms with Crippen molar-refractivity contribution in [1.29, 1.82) is 0 Å². The number of likely N-dealkylation sites (tertiary alicyclic amines) is 1. The van der Waals surface area contributed by atoms with E-state index in [9.17, 15) is 10.1 Å². The van der Waals surface area contributed by atoms with E-state index in [1.807, 2.05) is 12.1 Å². The van der Waals surface area contributed by atoms with Crippen LogP contribution in [0.4, 0.5) is 5.69 Å². The van der Waals surface area contributed by atoms with Crippen LogP contribution in [0.25, 0.3) is 0 Å². The normalized spacial score (nSPS) is 19.8. The van der Waals surface area contributed by atoms with Crippen molar-refractivity contribution in [3.63, 3.8) is 0 Å². The minimum absolute atomic E-state index is 0. The molecule has 1 fully saturated rings. The summed E-state index contributed by atoms with van der Waals surface area (Å²) in [5.41, 5.74) is 8.22. The van der Waals surface area contributed by atoms with Crippen molar-refractivity contribution in [1.82, 2.24) is 4.90 Å². The standard InChI is InChI=1S/C19H23N3O3.ClH/c1-25-19-8-7-14(9-18(19)22(23)24)11-21-12-16(10-20)17(13-21)15-5-3-2-4-6-15;/h2-9,16-17H,10-13,20H2,1H3;1H/t16-,17+;/m1./s1. The van der Waals surface area contributed by atoms with E-state index in [4.69, 9.17) is 10.5 Å². The van der Waals surface area contributed by atoms with Gasteiger partial charge in [0.1, 0.15) is 0 Å². The topological polar surface area (TPSA) is 81.6 Å². The summed E-state index contributed by atoms with van der Waals surface area (Å²) in [6.45, 7) is 3.12. The molecule has 6 nitrogen and oxygen atoms in total. The summed E-state index contributed by atoms with van der Waals surface area (Å²) in [7, 11) is 1.44. The molecule has 1 heterocycles. The third-order valence-corrected chi connectivity index (χ3v) is 4.89. The molecule has 0 radical (unpaired) electrons. The van der Waals surface area contributed by atoms with Gasteiger partial charge in [-0.1, -0.05) is 36.4 Å². The van der Waals surface area contributed by atoms with E-state index < -0.39 is 4.92 Å². The largest absolute Gasteiger partial charge is 0.490 e. The first-order chi connectivity index (χ1) is 12.1. The average molecular weight is 378 g/mol. The molecule has 3 rings (SSSR count). The number of nitrogens with two attached hydrogens (primary N) is 1. The fourth-order valence-electron chi connectivity index (χ4n) is 3.64. The summed E-state index contributed by atoms with van der Waals surface area (Å²) >= 11 is 0. The van der Waals surface area contributed by atoms with E-state index in [1.54, 1.807) is 12.1 Å². The van der Waals surface area contributed by atoms with Gasteiger partial charge >= 0.3 is 5.69 Å². The minimum Gasteiger partial charge on any atom is -0.490 e. The number of hydrogen-bond acceptors (Lipinski definition) is 5. The molecule has 1 aliphatic rings. The quantitative estimate of drug-likeness (QED) is 0.617. The van der Waals surface area contributed by atoms with Gasteiger partial charge in [-0.15, -0.1) is 12.4 Å². The van der Waals surface area contributed by atoms with Crippen LogP contribution in [0, 0.1) is 16.0 Å². The first kappa shape index (κ1) is 20.2. The Balaban J connectivity index is 0.00000243. The first-order valence-electron chi connectivity index (χ1n) is 8.41.